The molecule has 0 spiro atoms. The lowest BCUT2D eigenvalue weighted by molar-refractivity contribution is -0.152. The molecule has 0 radical (unpaired) electrons. The summed E-state index contributed by atoms with van der Waals surface area (Å²) in [6.45, 7) is 7.94. The van der Waals surface area contributed by atoms with Gasteiger partial charge < -0.3 is 14.9 Å². The van der Waals surface area contributed by atoms with Gasteiger partial charge in [-0.1, -0.05) is 26.0 Å². The maximum atomic E-state index is 12.1. The lowest BCUT2D eigenvalue weighted by atomic mass is 9.46. The smallest absolute Gasteiger partial charge is 0.335 e. The molecule has 7 nitrogen and oxygen atoms in total. The van der Waals surface area contributed by atoms with Crippen LogP contribution in [-0.2, 0) is 19.6 Å². The average Bonchev–Trinajstić information content (AvgIpc) is 3.02. The molecule has 1 aliphatic heterocycles. The van der Waals surface area contributed by atoms with E-state index in [-0.39, 0.29) is 37.0 Å². The fourth-order valence-corrected chi connectivity index (χ4v) is 6.84. The van der Waals surface area contributed by atoms with Gasteiger partial charge in [-0.2, -0.15) is 8.42 Å². The molecule has 1 heterocycles. The molecule has 0 bridgehead atoms. The van der Waals surface area contributed by atoms with Crippen LogP contribution in [0, 0.1) is 22.7 Å². The van der Waals surface area contributed by atoms with Gasteiger partial charge >= 0.3 is 5.97 Å². The summed E-state index contributed by atoms with van der Waals surface area (Å²) < 4.78 is 39.0. The van der Waals surface area contributed by atoms with Crippen molar-refractivity contribution in [1.82, 2.24) is 0 Å². The predicted octanol–water partition coefficient (Wildman–Crippen LogP) is 1.86. The van der Waals surface area contributed by atoms with Crippen molar-refractivity contribution in [2.75, 3.05) is 13.2 Å². The first-order chi connectivity index (χ1) is 12.9. The molecule has 2 aliphatic carbocycles. The van der Waals surface area contributed by atoms with Gasteiger partial charge in [0.1, 0.15) is 11.9 Å². The number of aliphatic hydroxyl groups excluding tert-OH is 2. The van der Waals surface area contributed by atoms with Crippen LogP contribution in [0.15, 0.2) is 23.8 Å². The van der Waals surface area contributed by atoms with Crippen LogP contribution in [0.2, 0.25) is 0 Å². The molecule has 1 unspecified atom stereocenters. The molecule has 3 aliphatic rings. The van der Waals surface area contributed by atoms with E-state index in [2.05, 4.69) is 13.5 Å². The van der Waals surface area contributed by atoms with Crippen molar-refractivity contribution in [3.63, 3.8) is 0 Å². The van der Waals surface area contributed by atoms with Crippen LogP contribution in [0.5, 0.6) is 0 Å². The van der Waals surface area contributed by atoms with Crippen LogP contribution >= 0.6 is 0 Å². The molecule has 2 saturated carbocycles. The van der Waals surface area contributed by atoms with Gasteiger partial charge in [0, 0.05) is 5.41 Å². The highest BCUT2D eigenvalue weighted by Gasteiger charge is 2.58. The number of hydrogen-bond donors (Lipinski definition) is 3. The molecule has 28 heavy (non-hydrogen) atoms. The van der Waals surface area contributed by atoms with E-state index in [1.54, 1.807) is 0 Å². The van der Waals surface area contributed by atoms with Crippen molar-refractivity contribution in [1.29, 1.82) is 0 Å². The average molecular weight is 415 g/mol. The van der Waals surface area contributed by atoms with Crippen LogP contribution in [0.3, 0.4) is 0 Å². The molecule has 2 fully saturated rings. The van der Waals surface area contributed by atoms with Crippen molar-refractivity contribution in [2.24, 2.45) is 22.7 Å². The van der Waals surface area contributed by atoms with Crippen molar-refractivity contribution in [2.45, 2.75) is 57.3 Å². The fourth-order valence-electron chi connectivity index (χ4n) is 5.90. The zero-order valence-corrected chi connectivity index (χ0v) is 17.2. The van der Waals surface area contributed by atoms with E-state index in [4.69, 9.17) is 4.74 Å². The quantitative estimate of drug-likeness (QED) is 0.357. The summed E-state index contributed by atoms with van der Waals surface area (Å²) in [7, 11) is -4.52. The normalized spacial score (nSPS) is 39.9. The Kier molecular flexibility index (Phi) is 5.55. The first-order valence-corrected chi connectivity index (χ1v) is 11.3. The first-order valence-electron chi connectivity index (χ1n) is 9.75. The van der Waals surface area contributed by atoms with Gasteiger partial charge in [-0.15, -0.1) is 0 Å². The Morgan fingerprint density at radius 2 is 2.04 bits per heavy atom. The van der Waals surface area contributed by atoms with Gasteiger partial charge in [-0.05, 0) is 55.4 Å². The summed E-state index contributed by atoms with van der Waals surface area (Å²) in [4.78, 5) is 12.0. The minimum atomic E-state index is -4.52. The van der Waals surface area contributed by atoms with Crippen LogP contribution in [0.1, 0.15) is 46.0 Å². The molecule has 158 valence electrons. The Bertz CT molecular complexity index is 801. The number of esters is 1. The zero-order valence-electron chi connectivity index (χ0n) is 16.4. The van der Waals surface area contributed by atoms with E-state index in [0.29, 0.717) is 19.3 Å². The monoisotopic (exact) mass is 414 g/mol. The van der Waals surface area contributed by atoms with Gasteiger partial charge in [0.25, 0.3) is 10.1 Å². The first kappa shape index (κ1) is 21.5. The van der Waals surface area contributed by atoms with Crippen LogP contribution < -0.4 is 0 Å². The van der Waals surface area contributed by atoms with E-state index in [1.807, 2.05) is 6.92 Å². The van der Waals surface area contributed by atoms with E-state index in [0.717, 1.165) is 12.0 Å². The lowest BCUT2D eigenvalue weighted by Crippen LogP contribution is -2.57. The number of hydrogen-bond acceptors (Lipinski definition) is 6. The maximum absolute atomic E-state index is 12.1. The number of ether oxygens (including phenoxy) is 1. The summed E-state index contributed by atoms with van der Waals surface area (Å²) in [5.74, 6) is -1.02. The van der Waals surface area contributed by atoms with Gasteiger partial charge in [0.05, 0.1) is 18.3 Å². The van der Waals surface area contributed by atoms with E-state index >= 15 is 0 Å². The minimum Gasteiger partial charge on any atom is -0.458 e. The lowest BCUT2D eigenvalue weighted by Gasteiger charge is -2.60. The SMILES string of the molecule is C=C1CCC2[C@](C)(CO)[C@H](O)CC[C@@]2(C)[C@H]1C[C@H](C1=CCOC1=O)S(=O)(=O)O. The molecular formula is C20H30O7S. The Hall–Kier alpha value is -1.22. The summed E-state index contributed by atoms with van der Waals surface area (Å²) >= 11 is 0. The van der Waals surface area contributed by atoms with Crippen LogP contribution in [-0.4, -0.2) is 53.7 Å². The number of rotatable bonds is 5. The van der Waals surface area contributed by atoms with Crippen molar-refractivity contribution in [3.8, 4) is 0 Å². The molecule has 6 atom stereocenters. The molecular weight excluding hydrogens is 384 g/mol. The number of allylic oxidation sites excluding steroid dienone is 1. The highest BCUT2D eigenvalue weighted by molar-refractivity contribution is 7.86. The molecule has 3 N–H and O–H groups in total. The third-order valence-corrected chi connectivity index (χ3v) is 8.77. The third kappa shape index (κ3) is 3.34. The third-order valence-electron chi connectivity index (χ3n) is 7.60. The highest BCUT2D eigenvalue weighted by atomic mass is 32.2. The van der Waals surface area contributed by atoms with Gasteiger partial charge in [0.2, 0.25) is 0 Å². The maximum Gasteiger partial charge on any atom is 0.335 e. The van der Waals surface area contributed by atoms with Crippen LogP contribution in [0.25, 0.3) is 0 Å². The van der Waals surface area contributed by atoms with Crippen molar-refractivity contribution >= 4 is 16.1 Å². The number of aliphatic hydroxyl groups is 2. The summed E-state index contributed by atoms with van der Waals surface area (Å²) in [6.07, 6.45) is 3.36. The standard InChI is InChI=1S/C20H30O7S/c1-12-4-5-16-19(2,8-6-17(22)20(16,3)11-21)14(12)10-15(28(24,25)26)13-7-9-27-18(13)23/h7,14-17,21-22H,1,4-6,8-11H2,2-3H3,(H,24,25,26)/t14-,15+,16?,17+,19-,20-/m0/s1. The molecule has 3 rings (SSSR count). The number of carbonyl (C=O) groups is 1. The van der Waals surface area contributed by atoms with Crippen molar-refractivity contribution in [3.05, 3.63) is 23.8 Å². The highest BCUT2D eigenvalue weighted by Crippen LogP contribution is 2.62. The number of cyclic esters (lactones) is 1. The number of carbonyl (C=O) groups excluding carboxylic acids is 1. The topological polar surface area (TPSA) is 121 Å². The van der Waals surface area contributed by atoms with E-state index in [9.17, 15) is 28.0 Å². The molecule has 0 aromatic carbocycles. The molecule has 0 aromatic heterocycles. The Morgan fingerprint density at radius 1 is 1.36 bits per heavy atom. The second-order valence-corrected chi connectivity index (χ2v) is 10.6. The fraction of sp³-hybridized carbons (Fsp3) is 0.750. The predicted molar refractivity (Wildman–Crippen MR) is 103 cm³/mol. The minimum absolute atomic E-state index is 0.000465. The van der Waals surface area contributed by atoms with Crippen molar-refractivity contribution < 1.29 is 32.7 Å². The van der Waals surface area contributed by atoms with Gasteiger partial charge in [-0.3, -0.25) is 4.55 Å². The van der Waals surface area contributed by atoms with E-state index in [1.165, 1.54) is 6.08 Å². The second kappa shape index (κ2) is 7.23. The summed E-state index contributed by atoms with van der Waals surface area (Å²) in [6, 6.07) is 0. The molecule has 0 amide bonds. The van der Waals surface area contributed by atoms with Gasteiger partial charge in [-0.25, -0.2) is 4.79 Å². The zero-order chi connectivity index (χ0) is 20.9. The Labute approximate surface area is 166 Å². The summed E-state index contributed by atoms with van der Waals surface area (Å²) in [5.41, 5.74) is -0.235. The Morgan fingerprint density at radius 3 is 2.57 bits per heavy atom. The molecule has 0 aromatic rings. The number of fused-ring (bicyclic) bond motifs is 1. The second-order valence-electron chi connectivity index (χ2n) is 9.02. The van der Waals surface area contributed by atoms with Gasteiger partial charge in [0.15, 0.2) is 0 Å². The summed E-state index contributed by atoms with van der Waals surface area (Å²) in [5, 5.41) is 19.3. The van der Waals surface area contributed by atoms with Crippen LogP contribution in [0.4, 0.5) is 0 Å². The largest absolute Gasteiger partial charge is 0.458 e. The molecule has 0 saturated heterocycles. The van der Waals surface area contributed by atoms with E-state index < -0.39 is 38.3 Å². The molecule has 8 heteroatoms. The Balaban J connectivity index is 1.99.